The highest BCUT2D eigenvalue weighted by atomic mass is 35.5. The lowest BCUT2D eigenvalue weighted by molar-refractivity contribution is 0.00464. The molecule has 1 aliphatic heterocycles. The number of nitrogens with zero attached hydrogens (tertiary/aromatic N) is 5. The molecule has 1 aromatic carbocycles. The molecule has 4 aromatic rings. The Morgan fingerprint density at radius 3 is 2.84 bits per heavy atom. The molecule has 0 amide bonds. The number of hydrogen-bond donors (Lipinski definition) is 0. The summed E-state index contributed by atoms with van der Waals surface area (Å²) in [7, 11) is 3.51. The van der Waals surface area contributed by atoms with Crippen LogP contribution in [0.25, 0.3) is 22.2 Å². The van der Waals surface area contributed by atoms with Gasteiger partial charge in [-0.05, 0) is 37.1 Å². The van der Waals surface area contributed by atoms with Crippen molar-refractivity contribution in [3.05, 3.63) is 75.4 Å². The molecule has 0 spiro atoms. The molecule has 5 rings (SSSR count). The monoisotopic (exact) mass is 453 g/mol. The Morgan fingerprint density at radius 1 is 1.25 bits per heavy atom. The van der Waals surface area contributed by atoms with Gasteiger partial charge in [-0.3, -0.25) is 14.5 Å². The third-order valence-corrected chi connectivity index (χ3v) is 6.14. The normalized spacial score (nSPS) is 18.9. The number of pyridine rings is 1. The minimum Gasteiger partial charge on any atom is -0.373 e. The lowest BCUT2D eigenvalue weighted by atomic mass is 9.89. The molecule has 1 saturated heterocycles. The van der Waals surface area contributed by atoms with E-state index in [1.807, 2.05) is 13.2 Å². The van der Waals surface area contributed by atoms with Gasteiger partial charge < -0.3 is 9.30 Å². The lowest BCUT2D eigenvalue weighted by Gasteiger charge is -2.29. The molecule has 3 aromatic heterocycles. The van der Waals surface area contributed by atoms with Gasteiger partial charge in [-0.25, -0.2) is 9.37 Å². The first-order chi connectivity index (χ1) is 15.4. The standard InChI is InChI=1S/C23H21ClFN5O2/c1-29-12-26-21-17(23(29)31)9-19(28-22(21)16-4-3-15(24)8-18(16)25)13-5-6-32-20(7-13)14-10-27-30(2)11-14/h3-4,8-13,20H,5-7H2,1-2H3/t13-,20+/m0/s1. The summed E-state index contributed by atoms with van der Waals surface area (Å²) in [6.45, 7) is 0.555. The summed E-state index contributed by atoms with van der Waals surface area (Å²) in [5, 5.41) is 4.94. The molecule has 0 radical (unpaired) electrons. The third kappa shape index (κ3) is 3.69. The SMILES string of the molecule is Cn1cc([C@H]2C[C@@H](c3cc4c(=O)n(C)cnc4c(-c4ccc(Cl)cc4F)n3)CCO2)cn1. The Labute approximate surface area is 188 Å². The Morgan fingerprint density at radius 2 is 2.09 bits per heavy atom. The van der Waals surface area contributed by atoms with Crippen molar-refractivity contribution in [1.82, 2.24) is 24.3 Å². The van der Waals surface area contributed by atoms with E-state index in [9.17, 15) is 9.18 Å². The van der Waals surface area contributed by atoms with Gasteiger partial charge in [0, 0.05) is 54.7 Å². The lowest BCUT2D eigenvalue weighted by Crippen LogP contribution is -2.21. The van der Waals surface area contributed by atoms with Gasteiger partial charge in [0.15, 0.2) is 0 Å². The molecule has 0 N–H and O–H groups in total. The zero-order chi connectivity index (χ0) is 22.4. The summed E-state index contributed by atoms with van der Waals surface area (Å²) in [6, 6.07) is 6.21. The second-order valence-electron chi connectivity index (χ2n) is 8.10. The van der Waals surface area contributed by atoms with E-state index >= 15 is 0 Å². The van der Waals surface area contributed by atoms with Gasteiger partial charge in [-0.15, -0.1) is 0 Å². The number of halogens is 2. The molecular weight excluding hydrogens is 433 g/mol. The van der Waals surface area contributed by atoms with Crippen molar-refractivity contribution < 1.29 is 9.13 Å². The minimum absolute atomic E-state index is 0.0392. The van der Waals surface area contributed by atoms with Crippen molar-refractivity contribution in [3.8, 4) is 11.3 Å². The number of hydrogen-bond acceptors (Lipinski definition) is 5. The number of ether oxygens (including phenoxy) is 1. The zero-order valence-corrected chi connectivity index (χ0v) is 18.4. The second kappa shape index (κ2) is 8.11. The molecule has 0 aliphatic carbocycles. The van der Waals surface area contributed by atoms with E-state index in [2.05, 4.69) is 10.1 Å². The van der Waals surface area contributed by atoms with E-state index in [4.69, 9.17) is 21.3 Å². The number of benzene rings is 1. The van der Waals surface area contributed by atoms with Crippen molar-refractivity contribution >= 4 is 22.5 Å². The largest absolute Gasteiger partial charge is 0.373 e. The number of aryl methyl sites for hydroxylation is 2. The maximum atomic E-state index is 14.8. The Hall–Kier alpha value is -3.10. The fraction of sp³-hybridized carbons (Fsp3) is 0.304. The molecule has 164 valence electrons. The van der Waals surface area contributed by atoms with Gasteiger partial charge >= 0.3 is 0 Å². The molecule has 32 heavy (non-hydrogen) atoms. The molecule has 0 bridgehead atoms. The topological polar surface area (TPSA) is 74.8 Å². The van der Waals surface area contributed by atoms with Gasteiger partial charge in [-0.1, -0.05) is 11.6 Å². The van der Waals surface area contributed by atoms with Crippen molar-refractivity contribution in [3.63, 3.8) is 0 Å². The first kappa shape index (κ1) is 20.8. The molecule has 0 saturated carbocycles. The van der Waals surface area contributed by atoms with Crippen LogP contribution in [-0.4, -0.2) is 30.9 Å². The first-order valence-corrected chi connectivity index (χ1v) is 10.7. The minimum atomic E-state index is -0.508. The third-order valence-electron chi connectivity index (χ3n) is 5.91. The van der Waals surface area contributed by atoms with E-state index in [0.29, 0.717) is 34.6 Å². The molecule has 0 unspecified atom stereocenters. The van der Waals surface area contributed by atoms with Crippen molar-refractivity contribution in [2.75, 3.05) is 6.61 Å². The average molecular weight is 454 g/mol. The van der Waals surface area contributed by atoms with Crippen LogP contribution < -0.4 is 5.56 Å². The Kier molecular flexibility index (Phi) is 5.27. The maximum Gasteiger partial charge on any atom is 0.261 e. The summed E-state index contributed by atoms with van der Waals surface area (Å²) >= 11 is 5.95. The van der Waals surface area contributed by atoms with E-state index < -0.39 is 5.82 Å². The van der Waals surface area contributed by atoms with Crippen LogP contribution in [0.3, 0.4) is 0 Å². The number of rotatable bonds is 3. The first-order valence-electron chi connectivity index (χ1n) is 10.3. The molecular formula is C23H21ClFN5O2. The molecule has 9 heteroatoms. The van der Waals surface area contributed by atoms with Gasteiger partial charge in [0.05, 0.1) is 29.7 Å². The highest BCUT2D eigenvalue weighted by molar-refractivity contribution is 6.30. The van der Waals surface area contributed by atoms with Crippen LogP contribution in [0.2, 0.25) is 5.02 Å². The summed E-state index contributed by atoms with van der Waals surface area (Å²) in [6.07, 6.45) is 6.49. The van der Waals surface area contributed by atoms with Gasteiger partial charge in [0.25, 0.3) is 5.56 Å². The van der Waals surface area contributed by atoms with Gasteiger partial charge in [0.1, 0.15) is 11.3 Å². The number of fused-ring (bicyclic) bond motifs is 1. The average Bonchev–Trinajstić information content (AvgIpc) is 3.22. The quantitative estimate of drug-likeness (QED) is 0.465. The molecule has 1 aliphatic rings. The van der Waals surface area contributed by atoms with Crippen molar-refractivity contribution in [2.24, 2.45) is 14.1 Å². The fourth-order valence-corrected chi connectivity index (χ4v) is 4.38. The predicted octanol–water partition coefficient (Wildman–Crippen LogP) is 4.16. The Bertz CT molecular complexity index is 1380. The van der Waals surface area contributed by atoms with Gasteiger partial charge in [-0.2, -0.15) is 5.10 Å². The smallest absolute Gasteiger partial charge is 0.261 e. The second-order valence-corrected chi connectivity index (χ2v) is 8.54. The zero-order valence-electron chi connectivity index (χ0n) is 17.6. The number of aromatic nitrogens is 5. The van der Waals surface area contributed by atoms with Crippen molar-refractivity contribution in [1.29, 1.82) is 0 Å². The van der Waals surface area contributed by atoms with Crippen LogP contribution in [0.15, 0.2) is 47.8 Å². The molecule has 7 nitrogen and oxygen atoms in total. The summed E-state index contributed by atoms with van der Waals surface area (Å²) in [5.41, 5.74) is 2.49. The summed E-state index contributed by atoms with van der Waals surface area (Å²) in [4.78, 5) is 22.1. The van der Waals surface area contributed by atoms with Crippen LogP contribution in [0.4, 0.5) is 4.39 Å². The Balaban J connectivity index is 1.65. The molecule has 2 atom stereocenters. The van der Waals surface area contributed by atoms with Crippen LogP contribution in [0.1, 0.15) is 36.1 Å². The highest BCUT2D eigenvalue weighted by Crippen LogP contribution is 2.38. The van der Waals surface area contributed by atoms with E-state index in [1.54, 1.807) is 36.1 Å². The van der Waals surface area contributed by atoms with E-state index in [0.717, 1.165) is 17.7 Å². The van der Waals surface area contributed by atoms with Crippen LogP contribution in [-0.2, 0) is 18.8 Å². The van der Waals surface area contributed by atoms with Crippen LogP contribution >= 0.6 is 11.6 Å². The summed E-state index contributed by atoms with van der Waals surface area (Å²) < 4.78 is 24.0. The van der Waals surface area contributed by atoms with Crippen LogP contribution in [0.5, 0.6) is 0 Å². The summed E-state index contributed by atoms with van der Waals surface area (Å²) in [5.74, 6) is -0.469. The highest BCUT2D eigenvalue weighted by Gasteiger charge is 2.28. The van der Waals surface area contributed by atoms with Crippen molar-refractivity contribution in [2.45, 2.75) is 24.9 Å². The van der Waals surface area contributed by atoms with Crippen LogP contribution in [0, 0.1) is 5.82 Å². The molecule has 4 heterocycles. The fourth-order valence-electron chi connectivity index (χ4n) is 4.22. The molecule has 1 fully saturated rings. The predicted molar refractivity (Wildman–Crippen MR) is 119 cm³/mol. The van der Waals surface area contributed by atoms with E-state index in [1.165, 1.54) is 17.0 Å². The van der Waals surface area contributed by atoms with E-state index in [-0.39, 0.29) is 23.1 Å². The van der Waals surface area contributed by atoms with Gasteiger partial charge in [0.2, 0.25) is 0 Å². The maximum absolute atomic E-state index is 14.8.